The van der Waals surface area contributed by atoms with E-state index in [1.54, 1.807) is 18.3 Å². The summed E-state index contributed by atoms with van der Waals surface area (Å²) in [5.74, 6) is 0.563. The fourth-order valence-electron chi connectivity index (χ4n) is 1.72. The van der Waals surface area contributed by atoms with Crippen molar-refractivity contribution in [2.75, 3.05) is 5.73 Å². The number of nitrogens with one attached hydrogen (secondary N) is 1. The van der Waals surface area contributed by atoms with E-state index in [9.17, 15) is 0 Å². The number of hydrogen-bond donors (Lipinski definition) is 3. The number of pyridine rings is 1. The van der Waals surface area contributed by atoms with Crippen LogP contribution in [0.2, 0.25) is 0 Å². The van der Waals surface area contributed by atoms with E-state index in [0.717, 1.165) is 0 Å². The van der Waals surface area contributed by atoms with Gasteiger partial charge >= 0.3 is 0 Å². The number of amides is 1. The molecule has 0 bridgehead atoms. The Morgan fingerprint density at radius 3 is 2.25 bits per heavy atom. The lowest BCUT2D eigenvalue weighted by Gasteiger charge is -2.10. The van der Waals surface area contributed by atoms with Crippen molar-refractivity contribution in [2.24, 2.45) is 5.73 Å². The summed E-state index contributed by atoms with van der Waals surface area (Å²) in [7, 11) is 0. The Morgan fingerprint density at radius 1 is 1.21 bits per heavy atom. The van der Waals surface area contributed by atoms with Crippen LogP contribution in [-0.4, -0.2) is 23.2 Å². The molecule has 0 unspecified atom stereocenters. The highest BCUT2D eigenvalue weighted by Crippen LogP contribution is 2.17. The number of hydrogen-bond acceptors (Lipinski definition) is 5. The van der Waals surface area contributed by atoms with E-state index in [1.165, 1.54) is 0 Å². The van der Waals surface area contributed by atoms with Gasteiger partial charge in [0, 0.05) is 29.1 Å². The molecule has 6 heteroatoms. The molecule has 0 spiro atoms. The number of nitrogens with two attached hydrogens (primary N) is 2. The number of benzene rings is 1. The van der Waals surface area contributed by atoms with Gasteiger partial charge < -0.3 is 16.2 Å². The van der Waals surface area contributed by atoms with Gasteiger partial charge in [0.1, 0.15) is 0 Å². The summed E-state index contributed by atoms with van der Waals surface area (Å²) in [6.07, 6.45) is 1.97. The zero-order valence-electron chi connectivity index (χ0n) is 14.6. The zero-order chi connectivity index (χ0) is 18.5. The minimum Gasteiger partial charge on any atom is -0.475 e. The van der Waals surface area contributed by atoms with Crippen LogP contribution in [0.15, 0.2) is 42.6 Å². The molecule has 0 radical (unpaired) electrons. The number of nitrogens with zero attached hydrogens (tertiary/aromatic N) is 1. The molecule has 2 rings (SSSR count). The van der Waals surface area contributed by atoms with Crippen LogP contribution in [0.1, 0.15) is 38.8 Å². The van der Waals surface area contributed by atoms with Crippen molar-refractivity contribution in [1.82, 2.24) is 4.98 Å². The van der Waals surface area contributed by atoms with Crippen LogP contribution in [0.3, 0.4) is 0 Å². The summed E-state index contributed by atoms with van der Waals surface area (Å²) >= 11 is 0. The highest BCUT2D eigenvalue weighted by molar-refractivity contribution is 6.13. The summed E-state index contributed by atoms with van der Waals surface area (Å²) in [4.78, 5) is 12.8. The first-order valence-corrected chi connectivity index (χ1v) is 7.71. The average Bonchev–Trinajstić information content (AvgIpc) is 2.57. The van der Waals surface area contributed by atoms with Crippen molar-refractivity contribution in [2.45, 2.75) is 33.8 Å². The monoisotopic (exact) mass is 330 g/mol. The third-order valence-corrected chi connectivity index (χ3v) is 2.61. The van der Waals surface area contributed by atoms with Gasteiger partial charge in [0.2, 0.25) is 12.3 Å². The predicted octanol–water partition coefficient (Wildman–Crippen LogP) is 2.99. The van der Waals surface area contributed by atoms with Gasteiger partial charge in [-0.05, 0) is 26.0 Å². The Hall–Kier alpha value is -2.89. The molecule has 1 amide bonds. The van der Waals surface area contributed by atoms with Crippen molar-refractivity contribution < 1.29 is 9.53 Å². The van der Waals surface area contributed by atoms with Crippen LogP contribution in [0.5, 0.6) is 5.88 Å². The molecule has 6 nitrogen and oxygen atoms in total. The van der Waals surface area contributed by atoms with E-state index < -0.39 is 0 Å². The van der Waals surface area contributed by atoms with Gasteiger partial charge in [0.25, 0.3) is 0 Å². The molecule has 5 N–H and O–H groups in total. The van der Waals surface area contributed by atoms with E-state index in [2.05, 4.69) is 10.7 Å². The second-order valence-electron chi connectivity index (χ2n) is 4.65. The molecule has 0 saturated carbocycles. The smallest absolute Gasteiger partial charge is 0.213 e. The Bertz CT molecular complexity index is 625. The summed E-state index contributed by atoms with van der Waals surface area (Å²) < 4.78 is 5.47. The van der Waals surface area contributed by atoms with Crippen LogP contribution >= 0.6 is 0 Å². The third-order valence-electron chi connectivity index (χ3n) is 2.61. The number of aromatic nitrogens is 1. The van der Waals surface area contributed by atoms with Gasteiger partial charge in [-0.15, -0.1) is 0 Å². The molecule has 1 heterocycles. The highest BCUT2D eigenvalue weighted by atomic mass is 16.5. The topological polar surface area (TPSA) is 115 Å². The molecule has 0 atom stereocenters. The van der Waals surface area contributed by atoms with E-state index in [0.29, 0.717) is 28.4 Å². The average molecular weight is 330 g/mol. The summed E-state index contributed by atoms with van der Waals surface area (Å²) in [6, 6.07) is 10.9. The number of carbonyl (C=O) groups is 1. The molecule has 0 fully saturated rings. The zero-order valence-corrected chi connectivity index (χ0v) is 14.6. The number of nitrogen functional groups attached to an aromatic ring is 1. The van der Waals surface area contributed by atoms with Crippen LogP contribution in [-0.2, 0) is 4.79 Å². The number of para-hydroxylation sites is 1. The summed E-state index contributed by atoms with van der Waals surface area (Å²) in [5, 5.41) is 8.16. The van der Waals surface area contributed by atoms with Crippen molar-refractivity contribution in [3.8, 4) is 5.88 Å². The van der Waals surface area contributed by atoms with Gasteiger partial charge in [-0.1, -0.05) is 32.0 Å². The van der Waals surface area contributed by atoms with Crippen molar-refractivity contribution in [1.29, 1.82) is 5.41 Å². The lowest BCUT2D eigenvalue weighted by atomic mass is 10.0. The van der Waals surface area contributed by atoms with Crippen LogP contribution in [0, 0.1) is 5.41 Å². The maximum atomic E-state index is 8.58. The molecule has 0 aliphatic heterocycles. The summed E-state index contributed by atoms with van der Waals surface area (Å²) in [6.45, 7) is 7.89. The number of primary amides is 1. The van der Waals surface area contributed by atoms with E-state index in [4.69, 9.17) is 20.7 Å². The first-order chi connectivity index (χ1) is 11.5. The predicted molar refractivity (Wildman–Crippen MR) is 98.4 cm³/mol. The Morgan fingerprint density at radius 2 is 1.79 bits per heavy atom. The van der Waals surface area contributed by atoms with E-state index >= 15 is 0 Å². The van der Waals surface area contributed by atoms with Gasteiger partial charge in [0.05, 0.1) is 11.8 Å². The number of anilines is 1. The van der Waals surface area contributed by atoms with E-state index in [-0.39, 0.29) is 12.5 Å². The van der Waals surface area contributed by atoms with E-state index in [1.807, 2.05) is 52.0 Å². The molecular formula is C18H26N4O2. The van der Waals surface area contributed by atoms with Gasteiger partial charge in [0.15, 0.2) is 0 Å². The Balaban J connectivity index is 0.000000952. The van der Waals surface area contributed by atoms with Crippen molar-refractivity contribution in [3.05, 3.63) is 53.7 Å². The molecule has 130 valence electrons. The maximum absolute atomic E-state index is 8.58. The third kappa shape index (κ3) is 6.91. The molecule has 24 heavy (non-hydrogen) atoms. The normalized spacial score (nSPS) is 9.04. The lowest BCUT2D eigenvalue weighted by molar-refractivity contribution is -0.106. The van der Waals surface area contributed by atoms with Crippen molar-refractivity contribution >= 4 is 17.8 Å². The van der Waals surface area contributed by atoms with Gasteiger partial charge in [-0.2, -0.15) is 0 Å². The first kappa shape index (κ1) is 21.1. The molecule has 0 saturated heterocycles. The second-order valence-corrected chi connectivity index (χ2v) is 4.65. The number of ether oxygens (including phenoxy) is 1. The molecule has 1 aromatic heterocycles. The number of rotatable bonds is 4. The fraction of sp³-hybridized carbons (Fsp3) is 0.278. The standard InChI is InChI=1S/C15H17N3O.C2H6.CH3NO/c1-10(2)19-14-8-7-11(9-18-14)15(17)12-5-3-4-6-13(12)16;1-2;2-1-3/h3-10,17H,16H2,1-2H3;1-2H3;1H,(H2,2,3). The molecule has 1 aromatic carbocycles. The SMILES string of the molecule is CC.CC(C)Oc1ccc(C(=N)c2ccccc2N)cn1.NC=O. The Labute approximate surface area is 143 Å². The van der Waals surface area contributed by atoms with Gasteiger partial charge in [-0.3, -0.25) is 10.2 Å². The maximum Gasteiger partial charge on any atom is 0.213 e. The minimum absolute atomic E-state index is 0.0857. The van der Waals surface area contributed by atoms with Crippen LogP contribution in [0.25, 0.3) is 0 Å². The van der Waals surface area contributed by atoms with Crippen LogP contribution < -0.4 is 16.2 Å². The molecule has 0 aliphatic rings. The quantitative estimate of drug-likeness (QED) is 0.454. The molecule has 2 aromatic rings. The largest absolute Gasteiger partial charge is 0.475 e. The molecule has 0 aliphatic carbocycles. The number of carbonyl (C=O) groups excluding carboxylic acids is 1. The van der Waals surface area contributed by atoms with Gasteiger partial charge in [-0.25, -0.2) is 4.98 Å². The first-order valence-electron chi connectivity index (χ1n) is 7.71. The van der Waals surface area contributed by atoms with Crippen LogP contribution in [0.4, 0.5) is 5.69 Å². The minimum atomic E-state index is 0.0857. The molecular weight excluding hydrogens is 304 g/mol. The van der Waals surface area contributed by atoms with Crippen molar-refractivity contribution in [3.63, 3.8) is 0 Å². The second kappa shape index (κ2) is 11.6. The lowest BCUT2D eigenvalue weighted by Crippen LogP contribution is -2.08. The Kier molecular flexibility index (Phi) is 10.2. The fourth-order valence-corrected chi connectivity index (χ4v) is 1.72. The highest BCUT2D eigenvalue weighted by Gasteiger charge is 2.08. The summed E-state index contributed by atoms with van der Waals surface area (Å²) in [5.41, 5.74) is 12.4.